The van der Waals surface area contributed by atoms with Crippen molar-refractivity contribution in [3.8, 4) is 5.75 Å². The van der Waals surface area contributed by atoms with E-state index in [0.29, 0.717) is 23.4 Å². The largest absolute Gasteiger partial charge is 0.496 e. The Morgan fingerprint density at radius 3 is 2.67 bits per heavy atom. The zero-order valence-corrected chi connectivity index (χ0v) is 13.8. The van der Waals surface area contributed by atoms with Gasteiger partial charge in [0.2, 0.25) is 5.91 Å². The minimum absolute atomic E-state index is 0.121. The molecule has 0 saturated carbocycles. The van der Waals surface area contributed by atoms with Gasteiger partial charge in [0.1, 0.15) is 17.0 Å². The Hall–Kier alpha value is -2.90. The van der Waals surface area contributed by atoms with E-state index >= 15 is 0 Å². The van der Waals surface area contributed by atoms with E-state index in [1.54, 1.807) is 18.2 Å². The van der Waals surface area contributed by atoms with Gasteiger partial charge in [-0.1, -0.05) is 6.07 Å². The van der Waals surface area contributed by atoms with Gasteiger partial charge in [0.05, 0.1) is 14.2 Å². The molecule has 1 aliphatic heterocycles. The zero-order valence-electron chi connectivity index (χ0n) is 13.8. The van der Waals surface area contributed by atoms with E-state index < -0.39 is 5.97 Å². The minimum Gasteiger partial charge on any atom is -0.496 e. The minimum atomic E-state index is -0.517. The van der Waals surface area contributed by atoms with Crippen LogP contribution in [0.3, 0.4) is 0 Å². The lowest BCUT2D eigenvalue weighted by atomic mass is 10.1. The second kappa shape index (κ2) is 7.58. The quantitative estimate of drug-likeness (QED) is 0.800. The van der Waals surface area contributed by atoms with Crippen LogP contribution in [0, 0.1) is 0 Å². The van der Waals surface area contributed by atoms with Gasteiger partial charge in [-0.25, -0.2) is 9.80 Å². The summed E-state index contributed by atoms with van der Waals surface area (Å²) in [6.07, 6.45) is 0.572. The maximum atomic E-state index is 12.1. The summed E-state index contributed by atoms with van der Waals surface area (Å²) in [5.74, 6) is -0.584. The first-order valence-corrected chi connectivity index (χ1v) is 7.33. The van der Waals surface area contributed by atoms with E-state index in [-0.39, 0.29) is 30.3 Å². The Morgan fingerprint density at radius 2 is 2.04 bits per heavy atom. The van der Waals surface area contributed by atoms with Gasteiger partial charge < -0.3 is 14.8 Å². The molecule has 8 heteroatoms. The predicted octanol–water partition coefficient (Wildman–Crippen LogP) is 0.706. The molecule has 8 nitrogen and oxygen atoms in total. The van der Waals surface area contributed by atoms with Crippen LogP contribution in [-0.2, 0) is 20.9 Å². The average molecular weight is 333 g/mol. The highest BCUT2D eigenvalue weighted by Crippen LogP contribution is 2.20. The molecule has 0 saturated heterocycles. The maximum absolute atomic E-state index is 12.1. The molecule has 0 aliphatic carbocycles. The third-order valence-corrected chi connectivity index (χ3v) is 3.59. The van der Waals surface area contributed by atoms with E-state index in [9.17, 15) is 14.4 Å². The molecule has 0 spiro atoms. The number of carbonyl (C=O) groups excluding carboxylic acids is 3. The third kappa shape index (κ3) is 3.89. The van der Waals surface area contributed by atoms with Gasteiger partial charge in [-0.2, -0.15) is 5.10 Å². The average Bonchev–Trinajstić information content (AvgIpc) is 2.60. The Morgan fingerprint density at radius 1 is 1.29 bits per heavy atom. The number of carbonyl (C=O) groups is 3. The Balaban J connectivity index is 2.06. The van der Waals surface area contributed by atoms with Gasteiger partial charge in [-0.3, -0.25) is 9.59 Å². The summed E-state index contributed by atoms with van der Waals surface area (Å²) in [6.45, 7) is 0.212. The molecule has 24 heavy (non-hydrogen) atoms. The Labute approximate surface area is 139 Å². The molecule has 2 rings (SSSR count). The highest BCUT2D eigenvalue weighted by atomic mass is 16.5. The number of rotatable bonds is 5. The summed E-state index contributed by atoms with van der Waals surface area (Å²) >= 11 is 0. The number of nitrogens with one attached hydrogen (secondary N) is 1. The van der Waals surface area contributed by atoms with Crippen LogP contribution in [0.5, 0.6) is 5.75 Å². The molecule has 1 N–H and O–H groups in total. The number of hydrogen-bond donors (Lipinski definition) is 1. The van der Waals surface area contributed by atoms with Gasteiger partial charge in [-0.15, -0.1) is 0 Å². The fourth-order valence-electron chi connectivity index (χ4n) is 2.25. The van der Waals surface area contributed by atoms with Crippen LogP contribution in [0.4, 0.5) is 0 Å². The van der Waals surface area contributed by atoms with Crippen molar-refractivity contribution >= 4 is 23.5 Å². The van der Waals surface area contributed by atoms with E-state index in [4.69, 9.17) is 9.47 Å². The number of esters is 1. The number of amides is 2. The summed E-state index contributed by atoms with van der Waals surface area (Å²) < 4.78 is 9.83. The molecule has 1 aromatic rings. The topological polar surface area (TPSA) is 97.3 Å². The molecule has 0 aromatic heterocycles. The highest BCUT2D eigenvalue weighted by Gasteiger charge is 2.22. The third-order valence-electron chi connectivity index (χ3n) is 3.59. The monoisotopic (exact) mass is 333 g/mol. The molecule has 1 aliphatic rings. The number of nitrogens with zero attached hydrogens (tertiary/aromatic N) is 2. The smallest absolute Gasteiger partial charge is 0.341 e. The van der Waals surface area contributed by atoms with Gasteiger partial charge in [-0.05, 0) is 17.7 Å². The van der Waals surface area contributed by atoms with Crippen LogP contribution in [0.1, 0.15) is 28.8 Å². The molecule has 0 unspecified atom stereocenters. The van der Waals surface area contributed by atoms with E-state index in [0.717, 1.165) is 0 Å². The first kappa shape index (κ1) is 17.5. The lowest BCUT2D eigenvalue weighted by Gasteiger charge is -2.19. The fourth-order valence-corrected chi connectivity index (χ4v) is 2.25. The molecule has 0 atom stereocenters. The lowest BCUT2D eigenvalue weighted by Crippen LogP contribution is -2.37. The van der Waals surface area contributed by atoms with E-state index in [2.05, 4.69) is 10.4 Å². The van der Waals surface area contributed by atoms with Crippen molar-refractivity contribution in [2.45, 2.75) is 19.4 Å². The molecule has 1 aromatic carbocycles. The van der Waals surface area contributed by atoms with Crippen molar-refractivity contribution in [3.63, 3.8) is 0 Å². The molecule has 1 heterocycles. The van der Waals surface area contributed by atoms with E-state index in [1.807, 2.05) is 0 Å². The van der Waals surface area contributed by atoms with Crippen molar-refractivity contribution in [2.75, 3.05) is 21.3 Å². The number of hydrazone groups is 1. The molecule has 0 fully saturated rings. The number of ether oxygens (including phenoxy) is 2. The van der Waals surface area contributed by atoms with E-state index in [1.165, 1.54) is 26.3 Å². The van der Waals surface area contributed by atoms with Gasteiger partial charge >= 0.3 is 5.97 Å². The standard InChI is InChI=1S/C16H19N3O5/c1-19-14(20)7-5-12(18-19)15(21)17-9-10-4-6-13(23-2)11(8-10)16(22)24-3/h4,6,8H,5,7,9H2,1-3H3,(H,17,21). The zero-order chi connectivity index (χ0) is 17.7. The van der Waals surface area contributed by atoms with Crippen LogP contribution in [0.2, 0.25) is 0 Å². The fraction of sp³-hybridized carbons (Fsp3) is 0.375. The van der Waals surface area contributed by atoms with Crippen LogP contribution in [0.25, 0.3) is 0 Å². The second-order valence-corrected chi connectivity index (χ2v) is 5.17. The van der Waals surface area contributed by atoms with Crippen molar-refractivity contribution in [1.82, 2.24) is 10.3 Å². The van der Waals surface area contributed by atoms with Crippen LogP contribution in [0.15, 0.2) is 23.3 Å². The number of hydrogen-bond acceptors (Lipinski definition) is 6. The first-order chi connectivity index (χ1) is 11.5. The summed E-state index contributed by atoms with van der Waals surface area (Å²) in [6, 6.07) is 4.98. The second-order valence-electron chi connectivity index (χ2n) is 5.17. The van der Waals surface area contributed by atoms with Crippen LogP contribution >= 0.6 is 0 Å². The van der Waals surface area contributed by atoms with Gasteiger partial charge in [0, 0.05) is 26.4 Å². The highest BCUT2D eigenvalue weighted by molar-refractivity contribution is 6.39. The number of methoxy groups -OCH3 is 2. The summed E-state index contributed by atoms with van der Waals surface area (Å²) in [4.78, 5) is 35.2. The van der Waals surface area contributed by atoms with Crippen molar-refractivity contribution in [3.05, 3.63) is 29.3 Å². The molecule has 0 bridgehead atoms. The molecular weight excluding hydrogens is 314 g/mol. The predicted molar refractivity (Wildman–Crippen MR) is 85.6 cm³/mol. The maximum Gasteiger partial charge on any atom is 0.341 e. The Bertz CT molecular complexity index is 699. The van der Waals surface area contributed by atoms with Gasteiger partial charge in [0.25, 0.3) is 5.91 Å². The van der Waals surface area contributed by atoms with Crippen molar-refractivity contribution in [1.29, 1.82) is 0 Å². The summed E-state index contributed by atoms with van der Waals surface area (Å²) in [7, 11) is 4.26. The summed E-state index contributed by atoms with van der Waals surface area (Å²) in [5, 5.41) is 7.85. The molecule has 0 radical (unpaired) electrons. The molecule has 128 valence electrons. The first-order valence-electron chi connectivity index (χ1n) is 7.33. The van der Waals surface area contributed by atoms with Gasteiger partial charge in [0.15, 0.2) is 0 Å². The Kier molecular flexibility index (Phi) is 5.51. The summed E-state index contributed by atoms with van der Waals surface area (Å²) in [5.41, 5.74) is 1.30. The molecule has 2 amide bonds. The number of benzene rings is 1. The SMILES string of the molecule is COC(=O)c1cc(CNC(=O)C2=NN(C)C(=O)CC2)ccc1OC. The van der Waals surface area contributed by atoms with Crippen LogP contribution in [-0.4, -0.2) is 49.8 Å². The van der Waals surface area contributed by atoms with Crippen molar-refractivity contribution in [2.24, 2.45) is 5.10 Å². The molecular formula is C16H19N3O5. The lowest BCUT2D eigenvalue weighted by molar-refractivity contribution is -0.130. The van der Waals surface area contributed by atoms with Crippen molar-refractivity contribution < 1.29 is 23.9 Å². The van der Waals surface area contributed by atoms with Crippen LogP contribution < -0.4 is 10.1 Å². The normalized spacial score (nSPS) is 14.0.